The van der Waals surface area contributed by atoms with E-state index in [2.05, 4.69) is 5.32 Å². The number of carbonyl (C=O) groups is 2. The average molecular weight is 472 g/mol. The maximum Gasteiger partial charge on any atom is 0.311 e. The molecule has 0 unspecified atom stereocenters. The van der Waals surface area contributed by atoms with Crippen LogP contribution in [0.5, 0.6) is 11.5 Å². The smallest absolute Gasteiger partial charge is 0.311 e. The fourth-order valence-electron chi connectivity index (χ4n) is 3.48. The predicted molar refractivity (Wildman–Crippen MR) is 129 cm³/mol. The summed E-state index contributed by atoms with van der Waals surface area (Å²) < 4.78 is 10.7. The number of ether oxygens (including phenoxy) is 2. The topological polar surface area (TPSA) is 111 Å². The monoisotopic (exact) mass is 471 g/mol. The molecule has 0 aromatic heterocycles. The van der Waals surface area contributed by atoms with E-state index >= 15 is 0 Å². The highest BCUT2D eigenvalue weighted by molar-refractivity contribution is 5.88. The normalized spacial score (nSPS) is 11.9. The van der Waals surface area contributed by atoms with Crippen molar-refractivity contribution in [3.63, 3.8) is 0 Å². The zero-order valence-electron chi connectivity index (χ0n) is 20.4. The minimum atomic E-state index is -0.662. The maximum atomic E-state index is 13.2. The van der Waals surface area contributed by atoms with Crippen LogP contribution in [0.15, 0.2) is 48.5 Å². The molecular weight excluding hydrogens is 438 g/mol. The number of hydrogen-bond acceptors (Lipinski definition) is 6. The van der Waals surface area contributed by atoms with E-state index in [1.54, 1.807) is 0 Å². The van der Waals surface area contributed by atoms with Crippen molar-refractivity contribution in [1.29, 1.82) is 0 Å². The molecule has 0 spiro atoms. The summed E-state index contributed by atoms with van der Waals surface area (Å²) in [6.45, 7) is 7.54. The van der Waals surface area contributed by atoms with E-state index in [4.69, 9.17) is 9.47 Å². The Morgan fingerprint density at radius 3 is 2.38 bits per heavy atom. The molecule has 0 fully saturated rings. The molecule has 0 bridgehead atoms. The van der Waals surface area contributed by atoms with Crippen molar-refractivity contribution < 1.29 is 24.0 Å². The number of nitrogens with zero attached hydrogens (tertiary/aromatic N) is 2. The second-order valence-electron chi connectivity index (χ2n) is 8.87. The molecule has 1 atom stereocenters. The van der Waals surface area contributed by atoms with Gasteiger partial charge in [-0.2, -0.15) is 0 Å². The van der Waals surface area contributed by atoms with E-state index in [1.807, 2.05) is 58.0 Å². The molecule has 0 saturated heterocycles. The van der Waals surface area contributed by atoms with Gasteiger partial charge in [0, 0.05) is 24.2 Å². The van der Waals surface area contributed by atoms with Gasteiger partial charge in [0.25, 0.3) is 5.91 Å². The number of carbonyl (C=O) groups excluding carboxylic acids is 2. The number of nitro benzene ring substituents is 1. The molecule has 9 heteroatoms. The number of nitro groups is 1. The van der Waals surface area contributed by atoms with Crippen LogP contribution in [0.2, 0.25) is 0 Å². The van der Waals surface area contributed by atoms with Gasteiger partial charge in [0.2, 0.25) is 11.7 Å². The molecule has 0 saturated carbocycles. The summed E-state index contributed by atoms with van der Waals surface area (Å²) >= 11 is 0. The molecule has 9 nitrogen and oxygen atoms in total. The summed E-state index contributed by atoms with van der Waals surface area (Å²) in [6, 6.07) is 13.1. The Balaban J connectivity index is 2.20. The summed E-state index contributed by atoms with van der Waals surface area (Å²) in [7, 11) is 1.32. The van der Waals surface area contributed by atoms with Gasteiger partial charge in [-0.3, -0.25) is 19.7 Å². The summed E-state index contributed by atoms with van der Waals surface area (Å²) in [6.07, 6.45) is 1.02. The van der Waals surface area contributed by atoms with E-state index in [-0.39, 0.29) is 35.6 Å². The lowest BCUT2D eigenvalue weighted by Crippen LogP contribution is -2.54. The molecule has 2 rings (SSSR count). The zero-order chi connectivity index (χ0) is 25.3. The first kappa shape index (κ1) is 26.6. The SMILES string of the molecule is CC[C@H](C(=O)NC(C)(C)C)N(CCc1ccccc1)C(=O)COc1ccc([N+](=O)[O-])c(OC)c1. The van der Waals surface area contributed by atoms with Crippen molar-refractivity contribution in [3.05, 3.63) is 64.2 Å². The van der Waals surface area contributed by atoms with Crippen LogP contribution in [-0.2, 0) is 16.0 Å². The van der Waals surface area contributed by atoms with E-state index < -0.39 is 16.5 Å². The van der Waals surface area contributed by atoms with E-state index in [0.717, 1.165) is 5.56 Å². The summed E-state index contributed by atoms with van der Waals surface area (Å²) in [4.78, 5) is 38.3. The Labute approximate surface area is 200 Å². The van der Waals surface area contributed by atoms with Gasteiger partial charge in [0.1, 0.15) is 11.8 Å². The lowest BCUT2D eigenvalue weighted by molar-refractivity contribution is -0.385. The van der Waals surface area contributed by atoms with E-state index in [1.165, 1.54) is 30.2 Å². The van der Waals surface area contributed by atoms with Crippen LogP contribution in [0, 0.1) is 10.1 Å². The lowest BCUT2D eigenvalue weighted by atomic mass is 10.1. The van der Waals surface area contributed by atoms with Crippen molar-refractivity contribution in [3.8, 4) is 11.5 Å². The minimum absolute atomic E-state index is 0.0341. The predicted octanol–water partition coefficient (Wildman–Crippen LogP) is 3.75. The van der Waals surface area contributed by atoms with Crippen molar-refractivity contribution in [2.24, 2.45) is 0 Å². The van der Waals surface area contributed by atoms with Gasteiger partial charge < -0.3 is 19.7 Å². The minimum Gasteiger partial charge on any atom is -0.490 e. The summed E-state index contributed by atoms with van der Waals surface area (Å²) in [5, 5.41) is 14.0. The van der Waals surface area contributed by atoms with Gasteiger partial charge in [-0.1, -0.05) is 37.3 Å². The highest BCUT2D eigenvalue weighted by Gasteiger charge is 2.30. The first-order valence-electron chi connectivity index (χ1n) is 11.2. The molecule has 34 heavy (non-hydrogen) atoms. The standard InChI is InChI=1S/C25H33N3O6/c1-6-20(24(30)26-25(2,3)4)27(15-14-18-10-8-7-9-11-18)23(29)17-34-19-12-13-21(28(31)32)22(16-19)33-5/h7-13,16,20H,6,14-15,17H2,1-5H3,(H,26,30)/t20-/m1/s1. The van der Waals surface area contributed by atoms with Gasteiger partial charge in [0.05, 0.1) is 12.0 Å². The second kappa shape index (κ2) is 12.0. The Kier molecular flexibility index (Phi) is 9.41. The fourth-order valence-corrected chi connectivity index (χ4v) is 3.48. The third kappa shape index (κ3) is 7.75. The van der Waals surface area contributed by atoms with Gasteiger partial charge >= 0.3 is 5.69 Å². The Morgan fingerprint density at radius 1 is 1.15 bits per heavy atom. The number of benzene rings is 2. The van der Waals surface area contributed by atoms with Crippen molar-refractivity contribution >= 4 is 17.5 Å². The van der Waals surface area contributed by atoms with Crippen molar-refractivity contribution in [2.45, 2.75) is 52.1 Å². The van der Waals surface area contributed by atoms with E-state index in [0.29, 0.717) is 19.4 Å². The second-order valence-corrected chi connectivity index (χ2v) is 8.87. The number of hydrogen-bond donors (Lipinski definition) is 1. The van der Waals surface area contributed by atoms with Crippen LogP contribution in [0.3, 0.4) is 0 Å². The largest absolute Gasteiger partial charge is 0.490 e. The molecule has 0 aliphatic rings. The third-order valence-corrected chi connectivity index (χ3v) is 5.08. The Morgan fingerprint density at radius 2 is 1.82 bits per heavy atom. The fraction of sp³-hybridized carbons (Fsp3) is 0.440. The molecule has 0 heterocycles. The highest BCUT2D eigenvalue weighted by atomic mass is 16.6. The molecule has 1 N–H and O–H groups in total. The molecule has 0 aliphatic carbocycles. The maximum absolute atomic E-state index is 13.2. The number of amides is 2. The third-order valence-electron chi connectivity index (χ3n) is 5.08. The number of methoxy groups -OCH3 is 1. The van der Waals surface area contributed by atoms with Crippen LogP contribution < -0.4 is 14.8 Å². The van der Waals surface area contributed by atoms with Crippen molar-refractivity contribution in [1.82, 2.24) is 10.2 Å². The Hall–Kier alpha value is -3.62. The van der Waals surface area contributed by atoms with Gasteiger partial charge in [-0.25, -0.2) is 0 Å². The molecule has 0 aliphatic heterocycles. The first-order chi connectivity index (χ1) is 16.1. The molecule has 2 aromatic carbocycles. The summed E-state index contributed by atoms with van der Waals surface area (Å²) in [5.74, 6) is -0.296. The molecule has 2 amide bonds. The van der Waals surface area contributed by atoms with Crippen LogP contribution in [0.25, 0.3) is 0 Å². The van der Waals surface area contributed by atoms with Crippen LogP contribution in [-0.4, -0.2) is 53.5 Å². The quantitative estimate of drug-likeness (QED) is 0.395. The zero-order valence-corrected chi connectivity index (χ0v) is 20.4. The lowest BCUT2D eigenvalue weighted by Gasteiger charge is -2.33. The molecule has 2 aromatic rings. The van der Waals surface area contributed by atoms with Crippen molar-refractivity contribution in [2.75, 3.05) is 20.3 Å². The van der Waals surface area contributed by atoms with Crippen LogP contribution in [0.4, 0.5) is 5.69 Å². The first-order valence-corrected chi connectivity index (χ1v) is 11.2. The average Bonchev–Trinajstić information content (AvgIpc) is 2.79. The molecule has 184 valence electrons. The Bertz CT molecular complexity index is 988. The molecule has 0 radical (unpaired) electrons. The van der Waals surface area contributed by atoms with Gasteiger partial charge in [-0.05, 0) is 45.2 Å². The summed E-state index contributed by atoms with van der Waals surface area (Å²) in [5.41, 5.74) is 0.410. The van der Waals surface area contributed by atoms with Crippen LogP contribution in [0.1, 0.15) is 39.7 Å². The van der Waals surface area contributed by atoms with Gasteiger partial charge in [-0.15, -0.1) is 0 Å². The highest BCUT2D eigenvalue weighted by Crippen LogP contribution is 2.30. The number of nitrogens with one attached hydrogen (secondary N) is 1. The van der Waals surface area contributed by atoms with E-state index in [9.17, 15) is 19.7 Å². The number of rotatable bonds is 11. The van der Waals surface area contributed by atoms with Gasteiger partial charge in [0.15, 0.2) is 6.61 Å². The molecular formula is C25H33N3O6. The van der Waals surface area contributed by atoms with Crippen LogP contribution >= 0.6 is 0 Å².